The monoisotopic (exact) mass is 377 g/mol. The van der Waals surface area contributed by atoms with Crippen molar-refractivity contribution in [2.45, 2.75) is 4.90 Å². The van der Waals surface area contributed by atoms with Gasteiger partial charge in [-0.05, 0) is 30.3 Å². The van der Waals surface area contributed by atoms with Crippen LogP contribution >= 0.6 is 0 Å². The summed E-state index contributed by atoms with van der Waals surface area (Å²) in [6.07, 6.45) is 0. The predicted molar refractivity (Wildman–Crippen MR) is 92.1 cm³/mol. The number of aromatic nitrogens is 2. The van der Waals surface area contributed by atoms with Crippen LogP contribution in [0.1, 0.15) is 0 Å². The highest BCUT2D eigenvalue weighted by Gasteiger charge is 2.19. The minimum absolute atomic E-state index is 0.197. The summed E-state index contributed by atoms with van der Waals surface area (Å²) in [5.74, 6) is -2.04. The first-order chi connectivity index (χ1) is 12.3. The van der Waals surface area contributed by atoms with Crippen molar-refractivity contribution >= 4 is 15.7 Å². The maximum Gasteiger partial charge on any atom is 0.266 e. The Kier molecular flexibility index (Phi) is 4.56. The lowest BCUT2D eigenvalue weighted by Gasteiger charge is -2.10. The molecule has 1 N–H and O–H groups in total. The van der Waals surface area contributed by atoms with Crippen molar-refractivity contribution in [3.63, 3.8) is 0 Å². The highest BCUT2D eigenvalue weighted by atomic mass is 32.2. The highest BCUT2D eigenvalue weighted by molar-refractivity contribution is 7.92. The molecule has 0 fully saturated rings. The number of nitrogens with zero attached hydrogens (tertiary/aromatic N) is 2. The van der Waals surface area contributed by atoms with E-state index in [9.17, 15) is 22.0 Å². The summed E-state index contributed by atoms with van der Waals surface area (Å²) in [6.45, 7) is 0. The zero-order valence-corrected chi connectivity index (χ0v) is 14.3. The fraction of sp³-hybridized carbons (Fsp3) is 0.0588. The van der Waals surface area contributed by atoms with Crippen LogP contribution in [-0.4, -0.2) is 18.2 Å². The van der Waals surface area contributed by atoms with E-state index in [4.69, 9.17) is 0 Å². The van der Waals surface area contributed by atoms with Crippen molar-refractivity contribution in [1.29, 1.82) is 0 Å². The molecule has 0 aliphatic carbocycles. The number of anilines is 1. The van der Waals surface area contributed by atoms with Gasteiger partial charge in [0.05, 0.1) is 5.69 Å². The summed E-state index contributed by atoms with van der Waals surface area (Å²) in [5, 5.41) is 4.10. The van der Waals surface area contributed by atoms with Crippen LogP contribution in [-0.2, 0) is 17.1 Å². The van der Waals surface area contributed by atoms with Gasteiger partial charge in [0.2, 0.25) is 0 Å². The maximum atomic E-state index is 13.7. The lowest BCUT2D eigenvalue weighted by atomic mass is 10.1. The summed E-state index contributed by atoms with van der Waals surface area (Å²) in [5.41, 5.74) is 1.14. The van der Waals surface area contributed by atoms with Crippen molar-refractivity contribution in [2.24, 2.45) is 7.05 Å². The van der Waals surface area contributed by atoms with E-state index in [1.165, 1.54) is 29.9 Å². The van der Waals surface area contributed by atoms with Gasteiger partial charge in [-0.15, -0.1) is 0 Å². The number of nitrogens with one attached hydrogen (secondary N) is 1. The molecule has 0 aliphatic heterocycles. The number of aryl methyl sites for hydroxylation is 1. The summed E-state index contributed by atoms with van der Waals surface area (Å²) >= 11 is 0. The average molecular weight is 377 g/mol. The molecule has 0 radical (unpaired) electrons. The topological polar surface area (TPSA) is 81.1 Å². The molecule has 134 valence electrons. The normalized spacial score (nSPS) is 11.3. The van der Waals surface area contributed by atoms with Crippen molar-refractivity contribution in [1.82, 2.24) is 9.78 Å². The van der Waals surface area contributed by atoms with Gasteiger partial charge in [0.15, 0.2) is 0 Å². The van der Waals surface area contributed by atoms with Crippen LogP contribution in [0.25, 0.3) is 11.3 Å². The van der Waals surface area contributed by atoms with Gasteiger partial charge in [0.1, 0.15) is 16.5 Å². The van der Waals surface area contributed by atoms with Crippen LogP contribution in [0.4, 0.5) is 14.5 Å². The molecule has 2 aromatic carbocycles. The fourth-order valence-electron chi connectivity index (χ4n) is 2.27. The number of hydrogen-bond donors (Lipinski definition) is 1. The summed E-state index contributed by atoms with van der Waals surface area (Å²) in [7, 11) is -2.68. The van der Waals surface area contributed by atoms with E-state index in [1.807, 2.05) is 0 Å². The van der Waals surface area contributed by atoms with Gasteiger partial charge in [-0.25, -0.2) is 21.9 Å². The Hall–Kier alpha value is -3.07. The second-order valence-electron chi connectivity index (χ2n) is 5.44. The van der Waals surface area contributed by atoms with Gasteiger partial charge in [-0.2, -0.15) is 5.10 Å². The van der Waals surface area contributed by atoms with E-state index in [2.05, 4.69) is 9.82 Å². The molecule has 3 rings (SSSR count). The Bertz CT molecular complexity index is 1130. The average Bonchev–Trinajstić information content (AvgIpc) is 2.57. The number of sulfonamides is 1. The molecule has 0 bridgehead atoms. The fourth-order valence-corrected chi connectivity index (χ4v) is 3.39. The Morgan fingerprint density at radius 3 is 2.31 bits per heavy atom. The Labute approximate surface area is 147 Å². The van der Waals surface area contributed by atoms with Crippen molar-refractivity contribution in [3.05, 3.63) is 76.6 Å². The van der Waals surface area contributed by atoms with Gasteiger partial charge in [-0.1, -0.05) is 12.1 Å². The van der Waals surface area contributed by atoms with Crippen molar-refractivity contribution < 1.29 is 17.2 Å². The third-order valence-electron chi connectivity index (χ3n) is 3.58. The van der Waals surface area contributed by atoms with E-state index in [0.717, 1.165) is 12.1 Å². The Balaban J connectivity index is 1.86. The van der Waals surface area contributed by atoms with Gasteiger partial charge in [-0.3, -0.25) is 9.52 Å². The van der Waals surface area contributed by atoms with E-state index >= 15 is 0 Å². The third kappa shape index (κ3) is 3.62. The van der Waals surface area contributed by atoms with Crippen LogP contribution in [0.15, 0.2) is 64.3 Å². The second kappa shape index (κ2) is 6.68. The van der Waals surface area contributed by atoms with E-state index in [0.29, 0.717) is 17.3 Å². The molecule has 0 saturated heterocycles. The molecule has 1 heterocycles. The first kappa shape index (κ1) is 17.7. The molecule has 26 heavy (non-hydrogen) atoms. The van der Waals surface area contributed by atoms with Gasteiger partial charge < -0.3 is 0 Å². The Morgan fingerprint density at radius 2 is 1.69 bits per heavy atom. The molecule has 3 aromatic rings. The predicted octanol–water partition coefficient (Wildman–Crippen LogP) is 2.53. The third-order valence-corrected chi connectivity index (χ3v) is 4.99. The largest absolute Gasteiger partial charge is 0.280 e. The minimum atomic E-state index is -4.20. The summed E-state index contributed by atoms with van der Waals surface area (Å²) in [6, 6.07) is 11.3. The first-order valence-electron chi connectivity index (χ1n) is 7.39. The van der Waals surface area contributed by atoms with Crippen LogP contribution < -0.4 is 10.3 Å². The molecular weight excluding hydrogens is 364 g/mol. The minimum Gasteiger partial charge on any atom is -0.280 e. The highest BCUT2D eigenvalue weighted by Crippen LogP contribution is 2.22. The smallest absolute Gasteiger partial charge is 0.266 e. The van der Waals surface area contributed by atoms with Crippen LogP contribution in [0, 0.1) is 11.6 Å². The van der Waals surface area contributed by atoms with Crippen LogP contribution in [0.2, 0.25) is 0 Å². The van der Waals surface area contributed by atoms with Gasteiger partial charge >= 0.3 is 0 Å². The maximum absolute atomic E-state index is 13.7. The molecule has 1 aromatic heterocycles. The molecule has 0 aliphatic rings. The van der Waals surface area contributed by atoms with Gasteiger partial charge in [0.25, 0.3) is 15.6 Å². The molecule has 0 saturated carbocycles. The molecule has 0 spiro atoms. The zero-order valence-electron chi connectivity index (χ0n) is 13.5. The number of rotatable bonds is 4. The second-order valence-corrected chi connectivity index (χ2v) is 7.09. The van der Waals surface area contributed by atoms with Crippen LogP contribution in [0.3, 0.4) is 0 Å². The summed E-state index contributed by atoms with van der Waals surface area (Å²) in [4.78, 5) is 10.7. The van der Waals surface area contributed by atoms with Crippen molar-refractivity contribution in [3.8, 4) is 11.3 Å². The van der Waals surface area contributed by atoms with Gasteiger partial charge in [0, 0.05) is 30.4 Å². The number of benzene rings is 2. The SMILES string of the molecule is Cn1nc(-c2ccc(NS(=O)(=O)c3ccc(F)cc3F)cc2)ccc1=O. The van der Waals surface area contributed by atoms with E-state index in [1.54, 1.807) is 18.2 Å². The van der Waals surface area contributed by atoms with E-state index in [-0.39, 0.29) is 11.2 Å². The molecular formula is C17H13F2N3O3S. The molecule has 6 nitrogen and oxygen atoms in total. The molecule has 0 amide bonds. The van der Waals surface area contributed by atoms with E-state index < -0.39 is 26.6 Å². The quantitative estimate of drug-likeness (QED) is 0.758. The Morgan fingerprint density at radius 1 is 1.00 bits per heavy atom. The molecule has 0 unspecified atom stereocenters. The lowest BCUT2D eigenvalue weighted by molar-refractivity contribution is 0.551. The number of hydrogen-bond acceptors (Lipinski definition) is 4. The zero-order chi connectivity index (χ0) is 18.9. The summed E-state index contributed by atoms with van der Waals surface area (Å²) < 4.78 is 54.6. The first-order valence-corrected chi connectivity index (χ1v) is 8.87. The molecule has 9 heteroatoms. The van der Waals surface area contributed by atoms with Crippen molar-refractivity contribution in [2.75, 3.05) is 4.72 Å². The number of halogens is 2. The standard InChI is InChI=1S/C17H13F2N3O3S/c1-22-17(23)9-7-15(20-22)11-2-5-13(6-3-11)21-26(24,25)16-8-4-12(18)10-14(16)19/h2-10,21H,1H3. The van der Waals surface area contributed by atoms with Crippen LogP contribution in [0.5, 0.6) is 0 Å². The lowest BCUT2D eigenvalue weighted by Crippen LogP contribution is -2.18. The molecule has 0 atom stereocenters.